The van der Waals surface area contributed by atoms with E-state index in [1.807, 2.05) is 42.5 Å². The molecule has 2 atom stereocenters. The Morgan fingerprint density at radius 1 is 1.29 bits per heavy atom. The Balaban J connectivity index is 1.98. The van der Waals surface area contributed by atoms with Gasteiger partial charge in [-0.2, -0.15) is 0 Å². The van der Waals surface area contributed by atoms with Crippen LogP contribution in [-0.4, -0.2) is 25.3 Å². The van der Waals surface area contributed by atoms with Crippen molar-refractivity contribution in [2.75, 3.05) is 7.11 Å². The zero-order valence-corrected chi connectivity index (χ0v) is 9.84. The van der Waals surface area contributed by atoms with Crippen LogP contribution in [0, 0.1) is 0 Å². The average molecular weight is 232 g/mol. The van der Waals surface area contributed by atoms with Crippen molar-refractivity contribution in [3.05, 3.63) is 42.0 Å². The van der Waals surface area contributed by atoms with E-state index in [1.54, 1.807) is 7.11 Å². The van der Waals surface area contributed by atoms with E-state index < -0.39 is 6.29 Å². The second-order valence-electron chi connectivity index (χ2n) is 4.06. The lowest BCUT2D eigenvalue weighted by Gasteiger charge is -2.26. The second-order valence-corrected chi connectivity index (χ2v) is 4.06. The van der Waals surface area contributed by atoms with Crippen LogP contribution in [0.1, 0.15) is 18.4 Å². The minimum atomic E-state index is -0.401. The molecule has 0 spiro atoms. The molecule has 1 aromatic carbocycles. The molecule has 0 amide bonds. The zero-order chi connectivity index (χ0) is 12.1. The summed E-state index contributed by atoms with van der Waals surface area (Å²) in [4.78, 5) is 11.5. The fourth-order valence-corrected chi connectivity index (χ4v) is 1.82. The first-order chi connectivity index (χ1) is 8.28. The summed E-state index contributed by atoms with van der Waals surface area (Å²) in [6, 6.07) is 9.94. The monoisotopic (exact) mass is 232 g/mol. The SMILES string of the molecule is CO[C@@H]1CC(=O)C[C@H](/C=C/c2ccccc2)O1. The molecule has 1 fully saturated rings. The van der Waals surface area contributed by atoms with Gasteiger partial charge in [0.1, 0.15) is 5.78 Å². The maximum atomic E-state index is 11.5. The molecular formula is C14H16O3. The maximum Gasteiger partial charge on any atom is 0.164 e. The van der Waals surface area contributed by atoms with Crippen molar-refractivity contribution in [1.82, 2.24) is 0 Å². The predicted molar refractivity (Wildman–Crippen MR) is 65.4 cm³/mol. The van der Waals surface area contributed by atoms with Gasteiger partial charge in [-0.05, 0) is 5.56 Å². The van der Waals surface area contributed by atoms with Crippen molar-refractivity contribution in [1.29, 1.82) is 0 Å². The van der Waals surface area contributed by atoms with Gasteiger partial charge in [0, 0.05) is 13.5 Å². The third-order valence-corrected chi connectivity index (χ3v) is 2.72. The van der Waals surface area contributed by atoms with E-state index in [0.29, 0.717) is 12.8 Å². The van der Waals surface area contributed by atoms with Gasteiger partial charge in [-0.1, -0.05) is 42.5 Å². The lowest BCUT2D eigenvalue weighted by molar-refractivity contribution is -0.174. The Morgan fingerprint density at radius 2 is 2.06 bits per heavy atom. The highest BCUT2D eigenvalue weighted by molar-refractivity contribution is 5.80. The summed E-state index contributed by atoms with van der Waals surface area (Å²) in [5.74, 6) is 0.186. The number of ketones is 1. The Labute approximate surface area is 101 Å². The van der Waals surface area contributed by atoms with Crippen molar-refractivity contribution in [2.45, 2.75) is 25.2 Å². The fraction of sp³-hybridized carbons (Fsp3) is 0.357. The molecule has 1 heterocycles. The number of benzene rings is 1. The molecule has 0 N–H and O–H groups in total. The van der Waals surface area contributed by atoms with E-state index >= 15 is 0 Å². The molecule has 90 valence electrons. The van der Waals surface area contributed by atoms with Gasteiger partial charge >= 0.3 is 0 Å². The van der Waals surface area contributed by atoms with E-state index in [4.69, 9.17) is 9.47 Å². The number of Topliss-reactive ketones (excluding diaryl/α,β-unsaturated/α-hetero) is 1. The number of hydrogen-bond acceptors (Lipinski definition) is 3. The van der Waals surface area contributed by atoms with Crippen molar-refractivity contribution < 1.29 is 14.3 Å². The van der Waals surface area contributed by atoms with E-state index in [1.165, 1.54) is 0 Å². The smallest absolute Gasteiger partial charge is 0.164 e. The second kappa shape index (κ2) is 5.75. The van der Waals surface area contributed by atoms with Crippen LogP contribution in [-0.2, 0) is 14.3 Å². The Hall–Kier alpha value is -1.45. The van der Waals surface area contributed by atoms with Gasteiger partial charge in [-0.25, -0.2) is 0 Å². The minimum absolute atomic E-state index is 0.179. The van der Waals surface area contributed by atoms with Crippen LogP contribution in [0.2, 0.25) is 0 Å². The Bertz CT molecular complexity index is 397. The fourth-order valence-electron chi connectivity index (χ4n) is 1.82. The highest BCUT2D eigenvalue weighted by Gasteiger charge is 2.25. The summed E-state index contributed by atoms with van der Waals surface area (Å²) >= 11 is 0. The highest BCUT2D eigenvalue weighted by atomic mass is 16.7. The van der Waals surface area contributed by atoms with Crippen molar-refractivity contribution in [2.24, 2.45) is 0 Å². The molecular weight excluding hydrogens is 216 g/mol. The molecule has 1 aromatic rings. The largest absolute Gasteiger partial charge is 0.355 e. The average Bonchev–Trinajstić information content (AvgIpc) is 2.37. The van der Waals surface area contributed by atoms with Crippen LogP contribution in [0.25, 0.3) is 6.08 Å². The molecule has 1 aliphatic rings. The van der Waals surface area contributed by atoms with Crippen molar-refractivity contribution in [3.63, 3.8) is 0 Å². The Kier molecular flexibility index (Phi) is 4.07. The highest BCUT2D eigenvalue weighted by Crippen LogP contribution is 2.18. The molecule has 0 aromatic heterocycles. The first kappa shape index (κ1) is 12.0. The van der Waals surface area contributed by atoms with Crippen LogP contribution in [0.4, 0.5) is 0 Å². The van der Waals surface area contributed by atoms with E-state index in [0.717, 1.165) is 5.56 Å². The van der Waals surface area contributed by atoms with Crippen LogP contribution in [0.5, 0.6) is 0 Å². The maximum absolute atomic E-state index is 11.5. The molecule has 0 radical (unpaired) electrons. The van der Waals surface area contributed by atoms with Crippen molar-refractivity contribution in [3.8, 4) is 0 Å². The van der Waals surface area contributed by atoms with Crippen molar-refractivity contribution >= 4 is 11.9 Å². The molecule has 1 aliphatic heterocycles. The third kappa shape index (κ3) is 3.51. The third-order valence-electron chi connectivity index (χ3n) is 2.72. The quantitative estimate of drug-likeness (QED) is 0.802. The Morgan fingerprint density at radius 3 is 2.76 bits per heavy atom. The van der Waals surface area contributed by atoms with Gasteiger partial charge in [0.15, 0.2) is 6.29 Å². The summed E-state index contributed by atoms with van der Waals surface area (Å²) in [6.07, 6.45) is 4.09. The van der Waals surface area contributed by atoms with E-state index in [2.05, 4.69) is 0 Å². The standard InChI is InChI=1S/C14H16O3/c1-16-14-10-12(15)9-13(17-14)8-7-11-5-3-2-4-6-11/h2-8,13-14H,9-10H2,1H3/b8-7+/t13-,14-/m0/s1. The number of carbonyl (C=O) groups is 1. The van der Waals surface area contributed by atoms with Gasteiger partial charge < -0.3 is 9.47 Å². The zero-order valence-electron chi connectivity index (χ0n) is 9.84. The van der Waals surface area contributed by atoms with Crippen LogP contribution >= 0.6 is 0 Å². The molecule has 0 aliphatic carbocycles. The summed E-state index contributed by atoms with van der Waals surface area (Å²) in [6.45, 7) is 0. The van der Waals surface area contributed by atoms with Gasteiger partial charge in [-0.3, -0.25) is 4.79 Å². The predicted octanol–water partition coefficient (Wildman–Crippen LogP) is 2.42. The molecule has 1 saturated heterocycles. The molecule has 2 rings (SSSR count). The summed E-state index contributed by atoms with van der Waals surface area (Å²) in [5, 5.41) is 0. The molecule has 0 bridgehead atoms. The summed E-state index contributed by atoms with van der Waals surface area (Å²) in [7, 11) is 1.56. The topological polar surface area (TPSA) is 35.5 Å². The number of carbonyl (C=O) groups excluding carboxylic acids is 1. The number of rotatable bonds is 3. The number of ether oxygens (including phenoxy) is 2. The summed E-state index contributed by atoms with van der Waals surface area (Å²) < 4.78 is 10.7. The van der Waals surface area contributed by atoms with E-state index in [-0.39, 0.29) is 11.9 Å². The number of methoxy groups -OCH3 is 1. The molecule has 0 saturated carbocycles. The minimum Gasteiger partial charge on any atom is -0.355 e. The van der Waals surface area contributed by atoms with Gasteiger partial charge in [0.05, 0.1) is 12.5 Å². The van der Waals surface area contributed by atoms with Crippen LogP contribution in [0.15, 0.2) is 36.4 Å². The van der Waals surface area contributed by atoms with Crippen LogP contribution in [0.3, 0.4) is 0 Å². The number of hydrogen-bond donors (Lipinski definition) is 0. The summed E-state index contributed by atoms with van der Waals surface area (Å²) in [5.41, 5.74) is 1.10. The van der Waals surface area contributed by atoms with Gasteiger partial charge in [-0.15, -0.1) is 0 Å². The molecule has 17 heavy (non-hydrogen) atoms. The first-order valence-electron chi connectivity index (χ1n) is 5.71. The van der Waals surface area contributed by atoms with Gasteiger partial charge in [0.2, 0.25) is 0 Å². The normalized spacial score (nSPS) is 25.4. The molecule has 3 heteroatoms. The lowest BCUT2D eigenvalue weighted by Crippen LogP contribution is -2.33. The van der Waals surface area contributed by atoms with Crippen LogP contribution < -0.4 is 0 Å². The molecule has 3 nitrogen and oxygen atoms in total. The lowest BCUT2D eigenvalue weighted by atomic mass is 10.1. The first-order valence-corrected chi connectivity index (χ1v) is 5.71. The van der Waals surface area contributed by atoms with E-state index in [9.17, 15) is 4.79 Å². The van der Waals surface area contributed by atoms with Gasteiger partial charge in [0.25, 0.3) is 0 Å². The molecule has 0 unspecified atom stereocenters.